The van der Waals surface area contributed by atoms with Crippen LogP contribution in [-0.4, -0.2) is 30.2 Å². The first-order chi connectivity index (χ1) is 17.0. The number of methoxy groups -OCH3 is 2. The molecule has 0 aliphatic carbocycles. The summed E-state index contributed by atoms with van der Waals surface area (Å²) in [5.74, 6) is 0.681. The number of aryl methyl sites for hydroxylation is 2. The van der Waals surface area contributed by atoms with Gasteiger partial charge >= 0.3 is 0 Å². The number of para-hydroxylation sites is 1. The van der Waals surface area contributed by atoms with Crippen molar-refractivity contribution in [1.29, 1.82) is 0 Å². The summed E-state index contributed by atoms with van der Waals surface area (Å²) in [5.41, 5.74) is 4.07. The van der Waals surface area contributed by atoms with Gasteiger partial charge in [0.1, 0.15) is 22.7 Å². The molecule has 8 heteroatoms. The Morgan fingerprint density at radius 2 is 1.91 bits per heavy atom. The number of hydrogen-bond acceptors (Lipinski definition) is 7. The molecule has 35 heavy (non-hydrogen) atoms. The highest BCUT2D eigenvalue weighted by Crippen LogP contribution is 2.31. The van der Waals surface area contributed by atoms with Crippen molar-refractivity contribution in [2.75, 3.05) is 19.5 Å². The zero-order chi connectivity index (χ0) is 24.9. The quantitative estimate of drug-likeness (QED) is 0.403. The second-order valence-electron chi connectivity index (χ2n) is 7.85. The van der Waals surface area contributed by atoms with Crippen molar-refractivity contribution in [3.8, 4) is 11.5 Å². The molecular formula is C27H27N3O5. The van der Waals surface area contributed by atoms with E-state index in [1.54, 1.807) is 44.5 Å². The Kier molecular flexibility index (Phi) is 7.12. The molecule has 8 nitrogen and oxygen atoms in total. The summed E-state index contributed by atoms with van der Waals surface area (Å²) in [6, 6.07) is 14.5. The molecule has 0 atom stereocenters. The van der Waals surface area contributed by atoms with Crippen LogP contribution < -0.4 is 20.3 Å². The number of benzene rings is 2. The van der Waals surface area contributed by atoms with Gasteiger partial charge in [0, 0.05) is 28.9 Å². The molecule has 2 N–H and O–H groups in total. The lowest BCUT2D eigenvalue weighted by molar-refractivity contribution is 0.102. The topological polar surface area (TPSA) is 106 Å². The normalized spacial score (nSPS) is 11.5. The Labute approximate surface area is 202 Å². The van der Waals surface area contributed by atoms with Crippen molar-refractivity contribution in [3.05, 3.63) is 82.7 Å². The maximum Gasteiger partial charge on any atom is 0.261 e. The molecule has 0 radical (unpaired) electrons. The second-order valence-corrected chi connectivity index (χ2v) is 7.85. The molecular weight excluding hydrogens is 446 g/mol. The Morgan fingerprint density at radius 3 is 2.63 bits per heavy atom. The van der Waals surface area contributed by atoms with Gasteiger partial charge in [-0.15, -0.1) is 0 Å². The van der Waals surface area contributed by atoms with Crippen molar-refractivity contribution < 1.29 is 23.8 Å². The van der Waals surface area contributed by atoms with Crippen molar-refractivity contribution >= 4 is 28.3 Å². The first kappa shape index (κ1) is 24.0. The molecule has 4 rings (SSSR count). The lowest BCUT2D eigenvalue weighted by Gasteiger charge is -2.12. The van der Waals surface area contributed by atoms with Crippen LogP contribution in [0.3, 0.4) is 0 Å². The fourth-order valence-electron chi connectivity index (χ4n) is 3.79. The van der Waals surface area contributed by atoms with E-state index in [4.69, 9.17) is 13.9 Å². The number of hydrogen-bond donors (Lipinski definition) is 2. The molecule has 2 aromatic heterocycles. The lowest BCUT2D eigenvalue weighted by atomic mass is 10.1. The van der Waals surface area contributed by atoms with Gasteiger partial charge in [0.05, 0.1) is 26.5 Å². The van der Waals surface area contributed by atoms with Crippen LogP contribution >= 0.6 is 0 Å². The molecule has 1 amide bonds. The second kappa shape index (κ2) is 10.4. The Balaban J connectivity index is 1.95. The summed E-state index contributed by atoms with van der Waals surface area (Å²) in [6.07, 6.45) is 2.34. The number of amides is 1. The predicted molar refractivity (Wildman–Crippen MR) is 133 cm³/mol. The summed E-state index contributed by atoms with van der Waals surface area (Å²) in [6.45, 7) is 3.57. The van der Waals surface area contributed by atoms with Gasteiger partial charge in [-0.05, 0) is 43.2 Å². The van der Waals surface area contributed by atoms with E-state index >= 15 is 0 Å². The SMILES string of the molecule is CCc1ccccc1NC(=O)c1cc2c(CO)cnc(C)c2oc1=Nc1ccc(OC)cc1OC. The van der Waals surface area contributed by atoms with Gasteiger partial charge in [-0.2, -0.15) is 0 Å². The van der Waals surface area contributed by atoms with Crippen molar-refractivity contribution in [2.45, 2.75) is 26.9 Å². The van der Waals surface area contributed by atoms with Crippen LogP contribution in [0, 0.1) is 6.92 Å². The average molecular weight is 474 g/mol. The van der Waals surface area contributed by atoms with Crippen LogP contribution in [0.1, 0.15) is 34.1 Å². The standard InChI is InChI=1S/C27H27N3O5/c1-5-17-8-6-7-9-22(17)29-26(32)21-13-20-18(15-31)14-28-16(2)25(20)35-27(21)30-23-11-10-19(33-3)12-24(23)34-4/h6-14,31H,5,15H2,1-4H3,(H,29,32). The summed E-state index contributed by atoms with van der Waals surface area (Å²) < 4.78 is 16.9. The van der Waals surface area contributed by atoms with Gasteiger partial charge in [-0.3, -0.25) is 9.78 Å². The summed E-state index contributed by atoms with van der Waals surface area (Å²) in [7, 11) is 3.09. The van der Waals surface area contributed by atoms with E-state index in [1.807, 2.05) is 31.2 Å². The number of carbonyl (C=O) groups excluding carboxylic acids is 1. The number of anilines is 1. The third kappa shape index (κ3) is 4.88. The molecule has 0 unspecified atom stereocenters. The predicted octanol–water partition coefficient (Wildman–Crippen LogP) is 4.69. The highest BCUT2D eigenvalue weighted by molar-refractivity contribution is 6.06. The monoisotopic (exact) mass is 473 g/mol. The van der Waals surface area contributed by atoms with Crippen LogP contribution in [0.4, 0.5) is 11.4 Å². The molecule has 0 bridgehead atoms. The molecule has 2 aromatic carbocycles. The number of aliphatic hydroxyl groups is 1. The maximum atomic E-state index is 13.5. The number of fused-ring (bicyclic) bond motifs is 1. The van der Waals surface area contributed by atoms with Crippen LogP contribution in [0.2, 0.25) is 0 Å². The molecule has 0 saturated carbocycles. The fraction of sp³-hybridized carbons (Fsp3) is 0.222. The number of rotatable bonds is 7. The molecule has 0 fully saturated rings. The Hall–Kier alpha value is -4.17. The van der Waals surface area contributed by atoms with Crippen LogP contribution in [0.15, 0.2) is 64.1 Å². The molecule has 0 spiro atoms. The van der Waals surface area contributed by atoms with Gasteiger partial charge in [-0.25, -0.2) is 4.99 Å². The minimum atomic E-state index is -0.388. The van der Waals surface area contributed by atoms with E-state index in [0.717, 1.165) is 12.0 Å². The zero-order valence-electron chi connectivity index (χ0n) is 20.1. The van der Waals surface area contributed by atoms with E-state index in [9.17, 15) is 9.90 Å². The smallest absolute Gasteiger partial charge is 0.261 e. The number of carbonyl (C=O) groups is 1. The number of nitrogens with one attached hydrogen (secondary N) is 1. The number of nitrogens with zero attached hydrogens (tertiary/aromatic N) is 2. The number of pyridine rings is 1. The molecule has 4 aromatic rings. The van der Waals surface area contributed by atoms with Gasteiger partial charge in [0.2, 0.25) is 5.55 Å². The van der Waals surface area contributed by atoms with Gasteiger partial charge < -0.3 is 24.3 Å². The van der Waals surface area contributed by atoms with Crippen LogP contribution in [0.25, 0.3) is 11.0 Å². The minimum absolute atomic E-state index is 0.0902. The Morgan fingerprint density at radius 1 is 1.11 bits per heavy atom. The van der Waals surface area contributed by atoms with Crippen LogP contribution in [-0.2, 0) is 13.0 Å². The van der Waals surface area contributed by atoms with Crippen molar-refractivity contribution in [3.63, 3.8) is 0 Å². The average Bonchev–Trinajstić information content (AvgIpc) is 2.89. The van der Waals surface area contributed by atoms with E-state index in [0.29, 0.717) is 45.1 Å². The lowest BCUT2D eigenvalue weighted by Crippen LogP contribution is -2.22. The molecule has 0 aliphatic rings. The maximum absolute atomic E-state index is 13.5. The zero-order valence-corrected chi connectivity index (χ0v) is 20.1. The highest BCUT2D eigenvalue weighted by Gasteiger charge is 2.18. The first-order valence-electron chi connectivity index (χ1n) is 11.2. The molecule has 0 aliphatic heterocycles. The third-order valence-electron chi connectivity index (χ3n) is 5.72. The van der Waals surface area contributed by atoms with E-state index in [2.05, 4.69) is 15.3 Å². The molecule has 0 saturated heterocycles. The molecule has 180 valence electrons. The van der Waals surface area contributed by atoms with Crippen LogP contribution in [0.5, 0.6) is 11.5 Å². The number of aliphatic hydroxyl groups excluding tert-OH is 1. The third-order valence-corrected chi connectivity index (χ3v) is 5.72. The number of aromatic nitrogens is 1. The van der Waals surface area contributed by atoms with E-state index in [-0.39, 0.29) is 23.6 Å². The van der Waals surface area contributed by atoms with Gasteiger partial charge in [0.15, 0.2) is 5.58 Å². The van der Waals surface area contributed by atoms with E-state index < -0.39 is 0 Å². The highest BCUT2D eigenvalue weighted by atomic mass is 16.5. The number of ether oxygens (including phenoxy) is 2. The minimum Gasteiger partial charge on any atom is -0.497 e. The molecule has 2 heterocycles. The van der Waals surface area contributed by atoms with Gasteiger partial charge in [-0.1, -0.05) is 25.1 Å². The summed E-state index contributed by atoms with van der Waals surface area (Å²) >= 11 is 0. The fourth-order valence-corrected chi connectivity index (χ4v) is 3.79. The summed E-state index contributed by atoms with van der Waals surface area (Å²) in [4.78, 5) is 22.5. The van der Waals surface area contributed by atoms with Gasteiger partial charge in [0.25, 0.3) is 5.91 Å². The summed E-state index contributed by atoms with van der Waals surface area (Å²) in [5, 5.41) is 13.4. The van der Waals surface area contributed by atoms with Crippen molar-refractivity contribution in [1.82, 2.24) is 4.98 Å². The Bertz CT molecular complexity index is 1460. The largest absolute Gasteiger partial charge is 0.497 e. The van der Waals surface area contributed by atoms with Crippen molar-refractivity contribution in [2.24, 2.45) is 4.99 Å². The first-order valence-corrected chi connectivity index (χ1v) is 11.2. The van der Waals surface area contributed by atoms with E-state index in [1.165, 1.54) is 7.11 Å².